The second-order valence-electron chi connectivity index (χ2n) is 6.41. The monoisotopic (exact) mass is 433 g/mol. The lowest BCUT2D eigenvalue weighted by Crippen LogP contribution is -2.44. The number of anilines is 1. The van der Waals surface area contributed by atoms with Gasteiger partial charge in [0.1, 0.15) is 4.90 Å². The molecule has 0 spiro atoms. The average Bonchev–Trinajstić information content (AvgIpc) is 2.68. The van der Waals surface area contributed by atoms with Gasteiger partial charge in [-0.05, 0) is 23.8 Å². The minimum absolute atomic E-state index is 0.00590. The molecule has 3 heterocycles. The molecule has 4 rings (SSSR count). The maximum absolute atomic E-state index is 12.6. The first-order valence-corrected chi connectivity index (χ1v) is 10.4. The third-order valence-electron chi connectivity index (χ3n) is 4.55. The topological polar surface area (TPSA) is 128 Å². The van der Waals surface area contributed by atoms with Crippen LogP contribution < -0.4 is 20.1 Å². The number of nitrogens with one attached hydrogen (secondary N) is 1. The number of ether oxygens (including phenoxy) is 1. The Morgan fingerprint density at radius 2 is 2.10 bits per heavy atom. The van der Waals surface area contributed by atoms with E-state index in [2.05, 4.69) is 15.3 Å². The van der Waals surface area contributed by atoms with Gasteiger partial charge in [-0.3, -0.25) is 4.90 Å². The van der Waals surface area contributed by atoms with Crippen LogP contribution in [0.15, 0.2) is 41.4 Å². The number of carbonyl (C=O) groups is 1. The molecule has 0 atom stereocenters. The van der Waals surface area contributed by atoms with Gasteiger partial charge in [0.2, 0.25) is 15.9 Å². The van der Waals surface area contributed by atoms with E-state index in [4.69, 9.17) is 21.5 Å². The number of methoxy groups -OCH3 is 1. The summed E-state index contributed by atoms with van der Waals surface area (Å²) in [7, 11) is -2.42. The van der Waals surface area contributed by atoms with Crippen LogP contribution in [0.2, 0.25) is 5.02 Å². The van der Waals surface area contributed by atoms with E-state index in [0.717, 1.165) is 5.56 Å². The molecule has 150 valence electrons. The predicted molar refractivity (Wildman–Crippen MR) is 107 cm³/mol. The Bertz CT molecular complexity index is 1250. The SMILES string of the molecule is COc1ccc2c3c(cnc2n1)CNC(=O)N3Cc1ccc(S(N)(=O)=O)c(Cl)c1. The van der Waals surface area contributed by atoms with E-state index in [0.29, 0.717) is 34.7 Å². The van der Waals surface area contributed by atoms with Gasteiger partial charge in [0.25, 0.3) is 0 Å². The summed E-state index contributed by atoms with van der Waals surface area (Å²) in [4.78, 5) is 22.7. The largest absolute Gasteiger partial charge is 0.481 e. The number of primary sulfonamides is 1. The highest BCUT2D eigenvalue weighted by atomic mass is 35.5. The number of nitrogens with two attached hydrogens (primary N) is 1. The summed E-state index contributed by atoms with van der Waals surface area (Å²) in [6.45, 7) is 0.499. The molecule has 3 N–H and O–H groups in total. The van der Waals surface area contributed by atoms with Crippen molar-refractivity contribution in [1.82, 2.24) is 15.3 Å². The Morgan fingerprint density at radius 3 is 2.79 bits per heavy atom. The molecule has 0 unspecified atom stereocenters. The standard InChI is InChI=1S/C18H16ClN5O4S/c1-28-15-5-3-12-16-11(7-21-17(12)23-15)8-22-18(25)24(16)9-10-2-4-14(13(19)6-10)29(20,26)27/h2-7H,8-9H2,1H3,(H,22,25)(H2,20,26,27). The first-order chi connectivity index (χ1) is 13.8. The number of aromatic nitrogens is 2. The first-order valence-electron chi connectivity index (χ1n) is 8.47. The highest BCUT2D eigenvalue weighted by Gasteiger charge is 2.27. The summed E-state index contributed by atoms with van der Waals surface area (Å²) in [5, 5.41) is 8.64. The van der Waals surface area contributed by atoms with Crippen LogP contribution in [0, 0.1) is 0 Å². The highest BCUT2D eigenvalue weighted by Crippen LogP contribution is 2.34. The first kappa shape index (κ1) is 19.4. The Kier molecular flexibility index (Phi) is 4.77. The second kappa shape index (κ2) is 7.14. The molecule has 29 heavy (non-hydrogen) atoms. The van der Waals surface area contributed by atoms with Crippen LogP contribution in [0.5, 0.6) is 5.88 Å². The Balaban J connectivity index is 1.79. The molecule has 2 aromatic heterocycles. The second-order valence-corrected chi connectivity index (χ2v) is 8.35. The van der Waals surface area contributed by atoms with Crippen molar-refractivity contribution in [3.8, 4) is 5.88 Å². The minimum Gasteiger partial charge on any atom is -0.481 e. The van der Waals surface area contributed by atoms with Gasteiger partial charge in [0, 0.05) is 29.8 Å². The van der Waals surface area contributed by atoms with E-state index < -0.39 is 10.0 Å². The summed E-state index contributed by atoms with van der Waals surface area (Å²) in [5.74, 6) is 0.419. The summed E-state index contributed by atoms with van der Waals surface area (Å²) < 4.78 is 28.3. The van der Waals surface area contributed by atoms with Crippen LogP contribution in [-0.4, -0.2) is 31.5 Å². The zero-order valence-corrected chi connectivity index (χ0v) is 16.8. The fraction of sp³-hybridized carbons (Fsp3) is 0.167. The minimum atomic E-state index is -3.93. The Morgan fingerprint density at radius 1 is 1.31 bits per heavy atom. The lowest BCUT2D eigenvalue weighted by molar-refractivity contribution is 0.244. The number of pyridine rings is 2. The predicted octanol–water partition coefficient (Wildman–Crippen LogP) is 2.17. The van der Waals surface area contributed by atoms with Gasteiger partial charge in [-0.1, -0.05) is 17.7 Å². The molecule has 1 aliphatic heterocycles. The van der Waals surface area contributed by atoms with Gasteiger partial charge < -0.3 is 10.1 Å². The molecule has 9 nitrogen and oxygen atoms in total. The lowest BCUT2D eigenvalue weighted by atomic mass is 10.1. The zero-order chi connectivity index (χ0) is 20.8. The maximum Gasteiger partial charge on any atom is 0.322 e. The van der Waals surface area contributed by atoms with E-state index in [-0.39, 0.29) is 22.5 Å². The van der Waals surface area contributed by atoms with Crippen molar-refractivity contribution in [1.29, 1.82) is 0 Å². The third kappa shape index (κ3) is 3.57. The van der Waals surface area contributed by atoms with E-state index in [1.165, 1.54) is 19.2 Å². The smallest absolute Gasteiger partial charge is 0.322 e. The molecular weight excluding hydrogens is 418 g/mol. The van der Waals surface area contributed by atoms with Gasteiger partial charge in [-0.25, -0.2) is 23.3 Å². The van der Waals surface area contributed by atoms with E-state index in [1.54, 1.807) is 29.3 Å². The molecule has 0 saturated carbocycles. The van der Waals surface area contributed by atoms with Gasteiger partial charge in [-0.15, -0.1) is 0 Å². The van der Waals surface area contributed by atoms with E-state index >= 15 is 0 Å². The van der Waals surface area contributed by atoms with E-state index in [1.807, 2.05) is 0 Å². The number of carbonyl (C=O) groups excluding carboxylic acids is 1. The van der Waals surface area contributed by atoms with Crippen molar-refractivity contribution in [2.75, 3.05) is 12.0 Å². The van der Waals surface area contributed by atoms with Crippen LogP contribution in [0.1, 0.15) is 11.1 Å². The molecule has 1 aromatic carbocycles. The number of urea groups is 1. The highest BCUT2D eigenvalue weighted by molar-refractivity contribution is 7.89. The summed E-state index contributed by atoms with van der Waals surface area (Å²) in [6, 6.07) is 7.58. The van der Waals surface area contributed by atoms with Crippen LogP contribution >= 0.6 is 11.6 Å². The van der Waals surface area contributed by atoms with Crippen LogP contribution in [0.3, 0.4) is 0 Å². The average molecular weight is 434 g/mol. The number of amides is 2. The molecule has 11 heteroatoms. The van der Waals surface area contributed by atoms with Crippen molar-refractivity contribution >= 4 is 44.4 Å². The number of fused-ring (bicyclic) bond motifs is 3. The normalized spacial score (nSPS) is 13.9. The molecule has 0 radical (unpaired) electrons. The third-order valence-corrected chi connectivity index (χ3v) is 5.94. The number of benzene rings is 1. The fourth-order valence-electron chi connectivity index (χ4n) is 3.22. The quantitative estimate of drug-likeness (QED) is 0.649. The molecule has 0 bridgehead atoms. The van der Waals surface area contributed by atoms with Crippen molar-refractivity contribution in [3.63, 3.8) is 0 Å². The molecule has 3 aromatic rings. The van der Waals surface area contributed by atoms with Crippen molar-refractivity contribution in [3.05, 3.63) is 52.7 Å². The van der Waals surface area contributed by atoms with Gasteiger partial charge in [-0.2, -0.15) is 4.98 Å². The number of hydrogen-bond donors (Lipinski definition) is 2. The summed E-state index contributed by atoms with van der Waals surface area (Å²) in [5.41, 5.74) is 2.60. The number of rotatable bonds is 4. The molecule has 0 saturated heterocycles. The molecule has 1 aliphatic rings. The number of hydrogen-bond acceptors (Lipinski definition) is 6. The number of nitrogens with zero attached hydrogens (tertiary/aromatic N) is 3. The van der Waals surface area contributed by atoms with Gasteiger partial charge in [0.15, 0.2) is 5.65 Å². The van der Waals surface area contributed by atoms with Crippen molar-refractivity contribution < 1.29 is 17.9 Å². The number of halogens is 1. The zero-order valence-electron chi connectivity index (χ0n) is 15.2. The molecule has 0 fully saturated rings. The molecule has 2 amide bonds. The molecular formula is C18H16ClN5O4S. The van der Waals surface area contributed by atoms with Gasteiger partial charge in [0.05, 0.1) is 24.4 Å². The van der Waals surface area contributed by atoms with Crippen LogP contribution in [0.25, 0.3) is 11.0 Å². The Hall–Kier alpha value is -2.95. The molecule has 0 aliphatic carbocycles. The number of sulfonamides is 1. The van der Waals surface area contributed by atoms with Crippen LogP contribution in [0.4, 0.5) is 10.5 Å². The van der Waals surface area contributed by atoms with Crippen molar-refractivity contribution in [2.24, 2.45) is 5.14 Å². The van der Waals surface area contributed by atoms with Crippen molar-refractivity contribution in [2.45, 2.75) is 18.0 Å². The van der Waals surface area contributed by atoms with Gasteiger partial charge >= 0.3 is 6.03 Å². The van der Waals surface area contributed by atoms with E-state index in [9.17, 15) is 13.2 Å². The summed E-state index contributed by atoms with van der Waals surface area (Å²) in [6.07, 6.45) is 1.66. The lowest BCUT2D eigenvalue weighted by Gasteiger charge is -2.31. The Labute approximate surface area is 171 Å². The fourth-order valence-corrected chi connectivity index (χ4v) is 4.34. The summed E-state index contributed by atoms with van der Waals surface area (Å²) >= 11 is 6.08. The van der Waals surface area contributed by atoms with Crippen LogP contribution in [-0.2, 0) is 23.1 Å². The maximum atomic E-state index is 12.6.